The number of amides is 1. The SMILES string of the molecule is O=C(c1ccc2n[nH]nc2c1)N1CCC2(CC1)CN(C1CCSC1)CCO2. The molecule has 144 valence electrons. The third kappa shape index (κ3) is 3.34. The highest BCUT2D eigenvalue weighted by Crippen LogP contribution is 2.33. The molecule has 3 aliphatic rings. The van der Waals surface area contributed by atoms with Gasteiger partial charge in [-0.1, -0.05) is 0 Å². The summed E-state index contributed by atoms with van der Waals surface area (Å²) >= 11 is 2.07. The van der Waals surface area contributed by atoms with Gasteiger partial charge in [-0.05, 0) is 43.2 Å². The first kappa shape index (κ1) is 17.5. The fourth-order valence-electron chi connectivity index (χ4n) is 4.57. The van der Waals surface area contributed by atoms with E-state index in [9.17, 15) is 4.79 Å². The van der Waals surface area contributed by atoms with Crippen LogP contribution in [0, 0.1) is 0 Å². The number of ether oxygens (including phenoxy) is 1. The fraction of sp³-hybridized carbons (Fsp3) is 0.632. The van der Waals surface area contributed by atoms with E-state index in [1.165, 1.54) is 17.9 Å². The highest BCUT2D eigenvalue weighted by atomic mass is 32.2. The predicted molar refractivity (Wildman–Crippen MR) is 105 cm³/mol. The molecule has 1 aromatic carbocycles. The van der Waals surface area contributed by atoms with E-state index in [-0.39, 0.29) is 11.5 Å². The van der Waals surface area contributed by atoms with Gasteiger partial charge in [0, 0.05) is 43.5 Å². The first-order valence-electron chi connectivity index (χ1n) is 9.78. The van der Waals surface area contributed by atoms with E-state index in [2.05, 4.69) is 32.1 Å². The number of rotatable bonds is 2. The molecule has 1 amide bonds. The van der Waals surface area contributed by atoms with Gasteiger partial charge in [0.1, 0.15) is 11.0 Å². The van der Waals surface area contributed by atoms with Crippen LogP contribution >= 0.6 is 11.8 Å². The smallest absolute Gasteiger partial charge is 0.253 e. The molecule has 0 radical (unpaired) electrons. The van der Waals surface area contributed by atoms with Crippen LogP contribution in [0.3, 0.4) is 0 Å². The number of carbonyl (C=O) groups is 1. The molecule has 3 aliphatic heterocycles. The Bertz CT molecular complexity index is 826. The third-order valence-corrected chi connectivity index (χ3v) is 7.37. The molecule has 1 atom stereocenters. The summed E-state index contributed by atoms with van der Waals surface area (Å²) in [6.45, 7) is 4.39. The molecule has 0 bridgehead atoms. The van der Waals surface area contributed by atoms with Gasteiger partial charge in [-0.15, -0.1) is 0 Å². The van der Waals surface area contributed by atoms with Crippen LogP contribution in [0.15, 0.2) is 18.2 Å². The Hall–Kier alpha value is -1.64. The maximum atomic E-state index is 12.9. The second kappa shape index (κ2) is 7.07. The molecule has 1 spiro atoms. The summed E-state index contributed by atoms with van der Waals surface area (Å²) in [5, 5.41) is 10.7. The number of morpholine rings is 1. The number of aromatic amines is 1. The van der Waals surface area contributed by atoms with E-state index in [1.54, 1.807) is 0 Å². The molecule has 1 unspecified atom stereocenters. The monoisotopic (exact) mass is 387 g/mol. The van der Waals surface area contributed by atoms with Gasteiger partial charge in [-0.2, -0.15) is 27.2 Å². The van der Waals surface area contributed by atoms with Gasteiger partial charge in [0.2, 0.25) is 0 Å². The zero-order chi connectivity index (χ0) is 18.3. The molecule has 27 heavy (non-hydrogen) atoms. The molecule has 1 aromatic heterocycles. The normalized spacial score (nSPS) is 26.1. The molecule has 0 aliphatic carbocycles. The number of hydrogen-bond donors (Lipinski definition) is 1. The lowest BCUT2D eigenvalue weighted by Crippen LogP contribution is -2.59. The van der Waals surface area contributed by atoms with Crippen molar-refractivity contribution in [3.63, 3.8) is 0 Å². The number of carbonyl (C=O) groups excluding carboxylic acids is 1. The highest BCUT2D eigenvalue weighted by molar-refractivity contribution is 7.99. The van der Waals surface area contributed by atoms with Gasteiger partial charge < -0.3 is 9.64 Å². The van der Waals surface area contributed by atoms with Crippen molar-refractivity contribution in [2.75, 3.05) is 44.3 Å². The van der Waals surface area contributed by atoms with E-state index in [1.807, 2.05) is 23.1 Å². The Morgan fingerprint density at radius 2 is 2.07 bits per heavy atom. The minimum Gasteiger partial charge on any atom is -0.372 e. The number of nitrogens with one attached hydrogen (secondary N) is 1. The fourth-order valence-corrected chi connectivity index (χ4v) is 5.83. The van der Waals surface area contributed by atoms with Crippen molar-refractivity contribution in [2.45, 2.75) is 30.9 Å². The zero-order valence-corrected chi connectivity index (χ0v) is 16.2. The van der Waals surface area contributed by atoms with Crippen LogP contribution in [0.25, 0.3) is 11.0 Å². The lowest BCUT2D eigenvalue weighted by Gasteiger charge is -2.48. The topological polar surface area (TPSA) is 74.4 Å². The Kier molecular flexibility index (Phi) is 4.57. The lowest BCUT2D eigenvalue weighted by atomic mass is 9.88. The van der Waals surface area contributed by atoms with Crippen molar-refractivity contribution in [1.29, 1.82) is 0 Å². The molecule has 8 heteroatoms. The number of nitrogens with zero attached hydrogens (tertiary/aromatic N) is 4. The van der Waals surface area contributed by atoms with Crippen molar-refractivity contribution >= 4 is 28.7 Å². The van der Waals surface area contributed by atoms with Crippen molar-refractivity contribution in [3.05, 3.63) is 23.8 Å². The van der Waals surface area contributed by atoms with Crippen LogP contribution in [0.1, 0.15) is 29.6 Å². The number of likely N-dealkylation sites (tertiary alicyclic amines) is 1. The molecule has 3 saturated heterocycles. The van der Waals surface area contributed by atoms with Gasteiger partial charge in [-0.3, -0.25) is 9.69 Å². The number of piperidine rings is 1. The molecule has 0 saturated carbocycles. The van der Waals surface area contributed by atoms with Crippen LogP contribution in [0.2, 0.25) is 0 Å². The van der Waals surface area contributed by atoms with Crippen LogP contribution in [0.4, 0.5) is 0 Å². The minimum atomic E-state index is -0.0711. The minimum absolute atomic E-state index is 0.0711. The Morgan fingerprint density at radius 1 is 1.22 bits per heavy atom. The highest BCUT2D eigenvalue weighted by Gasteiger charge is 2.42. The Morgan fingerprint density at radius 3 is 2.89 bits per heavy atom. The van der Waals surface area contributed by atoms with E-state index in [0.29, 0.717) is 11.6 Å². The zero-order valence-electron chi connectivity index (χ0n) is 15.4. The van der Waals surface area contributed by atoms with Crippen LogP contribution in [-0.4, -0.2) is 87.1 Å². The average molecular weight is 388 g/mol. The van der Waals surface area contributed by atoms with Gasteiger partial charge in [0.15, 0.2) is 0 Å². The first-order chi connectivity index (χ1) is 13.2. The molecule has 3 fully saturated rings. The number of aromatic nitrogens is 3. The predicted octanol–water partition coefficient (Wildman–Crippen LogP) is 1.77. The van der Waals surface area contributed by atoms with Gasteiger partial charge in [0.25, 0.3) is 5.91 Å². The Labute approximate surface area is 162 Å². The molecular weight excluding hydrogens is 362 g/mol. The van der Waals surface area contributed by atoms with E-state index in [4.69, 9.17) is 4.74 Å². The Balaban J connectivity index is 1.24. The summed E-state index contributed by atoms with van der Waals surface area (Å²) in [6, 6.07) is 6.22. The number of hydrogen-bond acceptors (Lipinski definition) is 6. The number of thioether (sulfide) groups is 1. The number of benzene rings is 1. The summed E-state index contributed by atoms with van der Waals surface area (Å²) in [6.07, 6.45) is 3.14. The van der Waals surface area contributed by atoms with E-state index in [0.717, 1.165) is 56.7 Å². The van der Waals surface area contributed by atoms with E-state index < -0.39 is 0 Å². The van der Waals surface area contributed by atoms with Gasteiger partial charge >= 0.3 is 0 Å². The average Bonchev–Trinajstić information content (AvgIpc) is 3.39. The summed E-state index contributed by atoms with van der Waals surface area (Å²) < 4.78 is 6.27. The maximum absolute atomic E-state index is 12.9. The summed E-state index contributed by atoms with van der Waals surface area (Å²) in [5.74, 6) is 2.62. The van der Waals surface area contributed by atoms with Crippen molar-refractivity contribution in [2.24, 2.45) is 0 Å². The largest absolute Gasteiger partial charge is 0.372 e. The molecule has 2 aromatic rings. The summed E-state index contributed by atoms with van der Waals surface area (Å²) in [5.41, 5.74) is 2.12. The van der Waals surface area contributed by atoms with Gasteiger partial charge in [-0.25, -0.2) is 0 Å². The van der Waals surface area contributed by atoms with Crippen molar-refractivity contribution in [3.8, 4) is 0 Å². The maximum Gasteiger partial charge on any atom is 0.253 e. The van der Waals surface area contributed by atoms with Crippen LogP contribution < -0.4 is 0 Å². The third-order valence-electron chi connectivity index (χ3n) is 6.23. The molecule has 1 N–H and O–H groups in total. The second-order valence-corrected chi connectivity index (χ2v) is 8.99. The molecule has 4 heterocycles. The van der Waals surface area contributed by atoms with Crippen molar-refractivity contribution in [1.82, 2.24) is 25.2 Å². The van der Waals surface area contributed by atoms with E-state index >= 15 is 0 Å². The molecule has 5 rings (SSSR count). The molecular formula is C19H25N5O2S. The van der Waals surface area contributed by atoms with Crippen LogP contribution in [-0.2, 0) is 4.74 Å². The molecule has 7 nitrogen and oxygen atoms in total. The second-order valence-electron chi connectivity index (χ2n) is 7.84. The van der Waals surface area contributed by atoms with Crippen molar-refractivity contribution < 1.29 is 9.53 Å². The van der Waals surface area contributed by atoms with Gasteiger partial charge in [0.05, 0.1) is 12.2 Å². The number of fused-ring (bicyclic) bond motifs is 1. The number of H-pyrrole nitrogens is 1. The summed E-state index contributed by atoms with van der Waals surface area (Å²) in [7, 11) is 0. The summed E-state index contributed by atoms with van der Waals surface area (Å²) in [4.78, 5) is 17.5. The van der Waals surface area contributed by atoms with Crippen LogP contribution in [0.5, 0.6) is 0 Å². The standard InChI is InChI=1S/C19H25N5O2S/c25-18(14-1-2-16-17(11-14)21-22-20-16)23-6-4-19(5-7-23)13-24(8-9-26-19)15-3-10-27-12-15/h1-2,11,15H,3-10,12-13H2,(H,20,21,22). The lowest BCUT2D eigenvalue weighted by molar-refractivity contribution is -0.138. The first-order valence-corrected chi connectivity index (χ1v) is 10.9. The quantitative estimate of drug-likeness (QED) is 0.847.